The SMILES string of the molecule is Cc1c(O)cccc1C(=O)Br. The summed E-state index contributed by atoms with van der Waals surface area (Å²) >= 11 is 2.82. The van der Waals surface area contributed by atoms with Crippen molar-refractivity contribution in [2.75, 3.05) is 0 Å². The maximum Gasteiger partial charge on any atom is 0.228 e. The third-order valence-corrected chi connectivity index (χ3v) is 1.94. The molecule has 1 N–H and O–H groups in total. The average Bonchev–Trinajstić information content (AvgIpc) is 1.94. The highest BCUT2D eigenvalue weighted by atomic mass is 79.9. The van der Waals surface area contributed by atoms with Crippen LogP contribution in [0.3, 0.4) is 0 Å². The van der Waals surface area contributed by atoms with Gasteiger partial charge in [-0.05, 0) is 35.0 Å². The Bertz CT molecular complexity index is 294. The molecule has 0 aromatic heterocycles. The number of hydrogen-bond donors (Lipinski definition) is 1. The van der Waals surface area contributed by atoms with E-state index in [9.17, 15) is 9.90 Å². The van der Waals surface area contributed by atoms with E-state index >= 15 is 0 Å². The first-order chi connectivity index (χ1) is 5.13. The van der Waals surface area contributed by atoms with Gasteiger partial charge in [-0.1, -0.05) is 6.07 Å². The van der Waals surface area contributed by atoms with E-state index in [4.69, 9.17) is 0 Å². The minimum absolute atomic E-state index is 0.148. The van der Waals surface area contributed by atoms with Crippen LogP contribution in [0.2, 0.25) is 0 Å². The van der Waals surface area contributed by atoms with Gasteiger partial charge in [-0.3, -0.25) is 4.79 Å². The number of carbonyl (C=O) groups excluding carboxylic acids is 1. The molecule has 1 aromatic rings. The van der Waals surface area contributed by atoms with Crippen LogP contribution in [-0.4, -0.2) is 9.80 Å². The highest BCUT2D eigenvalue weighted by molar-refractivity contribution is 9.18. The fourth-order valence-corrected chi connectivity index (χ4v) is 1.27. The molecule has 0 saturated carbocycles. The van der Waals surface area contributed by atoms with Gasteiger partial charge in [0, 0.05) is 11.1 Å². The van der Waals surface area contributed by atoms with Gasteiger partial charge in [0.1, 0.15) is 5.75 Å². The summed E-state index contributed by atoms with van der Waals surface area (Å²) < 4.78 is -0.203. The Kier molecular flexibility index (Phi) is 2.29. The second kappa shape index (κ2) is 3.05. The molecule has 0 aliphatic heterocycles. The Hall–Kier alpha value is -0.830. The molecule has 1 aromatic carbocycles. The molecule has 1 rings (SSSR count). The summed E-state index contributed by atoms with van der Waals surface area (Å²) in [6.45, 7) is 1.70. The Labute approximate surface area is 73.0 Å². The minimum atomic E-state index is -0.203. The van der Waals surface area contributed by atoms with Crippen LogP contribution in [0.15, 0.2) is 18.2 Å². The number of hydrogen-bond acceptors (Lipinski definition) is 2. The zero-order valence-corrected chi connectivity index (χ0v) is 7.55. The summed E-state index contributed by atoms with van der Waals surface area (Å²) in [5.74, 6) is 0.148. The number of rotatable bonds is 1. The molecule has 2 nitrogen and oxygen atoms in total. The number of phenolic OH excluding ortho intramolecular Hbond substituents is 1. The van der Waals surface area contributed by atoms with Crippen molar-refractivity contribution in [1.82, 2.24) is 0 Å². The van der Waals surface area contributed by atoms with E-state index in [1.54, 1.807) is 25.1 Å². The highest BCUT2D eigenvalue weighted by Gasteiger charge is 2.06. The lowest BCUT2D eigenvalue weighted by molar-refractivity contribution is 0.109. The molecule has 0 aliphatic rings. The van der Waals surface area contributed by atoms with E-state index in [2.05, 4.69) is 15.9 Å². The van der Waals surface area contributed by atoms with E-state index < -0.39 is 0 Å². The number of benzene rings is 1. The number of phenols is 1. The van der Waals surface area contributed by atoms with E-state index in [0.29, 0.717) is 11.1 Å². The van der Waals surface area contributed by atoms with Gasteiger partial charge in [0.25, 0.3) is 0 Å². The molecule has 0 bridgehead atoms. The van der Waals surface area contributed by atoms with Crippen LogP contribution < -0.4 is 0 Å². The third kappa shape index (κ3) is 1.60. The van der Waals surface area contributed by atoms with Gasteiger partial charge in [-0.25, -0.2) is 0 Å². The Morgan fingerprint density at radius 2 is 2.18 bits per heavy atom. The minimum Gasteiger partial charge on any atom is -0.508 e. The molecule has 58 valence electrons. The summed E-state index contributed by atoms with van der Waals surface area (Å²) in [6, 6.07) is 4.84. The first-order valence-electron chi connectivity index (χ1n) is 3.11. The monoisotopic (exact) mass is 214 g/mol. The fraction of sp³-hybridized carbons (Fsp3) is 0.125. The van der Waals surface area contributed by atoms with Crippen molar-refractivity contribution < 1.29 is 9.90 Å². The van der Waals surface area contributed by atoms with Crippen molar-refractivity contribution in [2.45, 2.75) is 6.92 Å². The summed E-state index contributed by atoms with van der Waals surface area (Å²) in [7, 11) is 0. The molecule has 0 heterocycles. The lowest BCUT2D eigenvalue weighted by Gasteiger charge is -2.01. The molecule has 3 heteroatoms. The van der Waals surface area contributed by atoms with Crippen molar-refractivity contribution in [3.63, 3.8) is 0 Å². The smallest absolute Gasteiger partial charge is 0.228 e. The Balaban J connectivity index is 3.27. The fourth-order valence-electron chi connectivity index (χ4n) is 0.836. The predicted octanol–water partition coefficient (Wildman–Crippen LogP) is 2.24. The molecule has 0 amide bonds. The number of carbonyl (C=O) groups is 1. The largest absolute Gasteiger partial charge is 0.508 e. The molecule has 0 aliphatic carbocycles. The lowest BCUT2D eigenvalue weighted by Crippen LogP contribution is -1.91. The third-order valence-electron chi connectivity index (χ3n) is 1.52. The maximum atomic E-state index is 10.8. The first-order valence-corrected chi connectivity index (χ1v) is 3.90. The first kappa shape index (κ1) is 8.27. The van der Waals surface area contributed by atoms with Crippen molar-refractivity contribution >= 4 is 20.6 Å². The summed E-state index contributed by atoms with van der Waals surface area (Å²) in [5, 5.41) is 9.18. The lowest BCUT2D eigenvalue weighted by atomic mass is 10.1. The van der Waals surface area contributed by atoms with Gasteiger partial charge in [0.2, 0.25) is 4.69 Å². The average molecular weight is 215 g/mol. The van der Waals surface area contributed by atoms with Crippen molar-refractivity contribution in [2.24, 2.45) is 0 Å². The quantitative estimate of drug-likeness (QED) is 0.729. The van der Waals surface area contributed by atoms with Crippen molar-refractivity contribution in [3.8, 4) is 5.75 Å². The van der Waals surface area contributed by atoms with Crippen LogP contribution in [0, 0.1) is 6.92 Å². The molecule has 0 fully saturated rings. The Morgan fingerprint density at radius 3 is 2.64 bits per heavy atom. The standard InChI is InChI=1S/C8H7BrO2/c1-5-6(8(9)11)3-2-4-7(5)10/h2-4,10H,1H3. The zero-order chi connectivity index (χ0) is 8.43. The van der Waals surface area contributed by atoms with Crippen LogP contribution in [0.5, 0.6) is 5.75 Å². The van der Waals surface area contributed by atoms with Gasteiger partial charge in [-0.15, -0.1) is 0 Å². The molecule has 0 spiro atoms. The van der Waals surface area contributed by atoms with Crippen LogP contribution in [0.1, 0.15) is 15.9 Å². The summed E-state index contributed by atoms with van der Waals surface area (Å²) in [4.78, 5) is 10.8. The van der Waals surface area contributed by atoms with Crippen LogP contribution >= 0.6 is 15.9 Å². The maximum absolute atomic E-state index is 10.8. The van der Waals surface area contributed by atoms with Crippen molar-refractivity contribution in [3.05, 3.63) is 29.3 Å². The van der Waals surface area contributed by atoms with Gasteiger partial charge in [0.15, 0.2) is 0 Å². The van der Waals surface area contributed by atoms with Crippen LogP contribution in [-0.2, 0) is 0 Å². The van der Waals surface area contributed by atoms with Gasteiger partial charge in [-0.2, -0.15) is 0 Å². The number of halogens is 1. The molecular weight excluding hydrogens is 208 g/mol. The molecule has 11 heavy (non-hydrogen) atoms. The van der Waals surface area contributed by atoms with E-state index in [1.165, 1.54) is 0 Å². The van der Waals surface area contributed by atoms with E-state index in [0.717, 1.165) is 0 Å². The normalized spacial score (nSPS) is 9.64. The molecule has 0 saturated heterocycles. The summed E-state index contributed by atoms with van der Waals surface area (Å²) in [5.41, 5.74) is 1.11. The van der Waals surface area contributed by atoms with Crippen LogP contribution in [0.4, 0.5) is 0 Å². The second-order valence-electron chi connectivity index (χ2n) is 2.22. The highest BCUT2D eigenvalue weighted by Crippen LogP contribution is 2.20. The topological polar surface area (TPSA) is 37.3 Å². The molecule has 0 atom stereocenters. The molecule has 0 radical (unpaired) electrons. The van der Waals surface area contributed by atoms with E-state index in [-0.39, 0.29) is 10.4 Å². The molecular formula is C8H7BrO2. The molecule has 0 unspecified atom stereocenters. The Morgan fingerprint density at radius 1 is 1.55 bits per heavy atom. The number of aromatic hydroxyl groups is 1. The van der Waals surface area contributed by atoms with Crippen LogP contribution in [0.25, 0.3) is 0 Å². The van der Waals surface area contributed by atoms with Crippen molar-refractivity contribution in [1.29, 1.82) is 0 Å². The van der Waals surface area contributed by atoms with Gasteiger partial charge in [0.05, 0.1) is 0 Å². The van der Waals surface area contributed by atoms with Gasteiger partial charge >= 0.3 is 0 Å². The second-order valence-corrected chi connectivity index (χ2v) is 2.94. The zero-order valence-electron chi connectivity index (χ0n) is 5.97. The van der Waals surface area contributed by atoms with Gasteiger partial charge < -0.3 is 5.11 Å². The summed E-state index contributed by atoms with van der Waals surface area (Å²) in [6.07, 6.45) is 0. The van der Waals surface area contributed by atoms with E-state index in [1.807, 2.05) is 0 Å². The predicted molar refractivity (Wildman–Crippen MR) is 46.1 cm³/mol.